The second-order valence-corrected chi connectivity index (χ2v) is 3.26. The molecule has 3 heteroatoms. The first-order valence-electron chi connectivity index (χ1n) is 4.62. The lowest BCUT2D eigenvalue weighted by Gasteiger charge is -2.32. The van der Waals surface area contributed by atoms with Gasteiger partial charge in [-0.05, 0) is 38.8 Å². The van der Waals surface area contributed by atoms with Crippen molar-refractivity contribution in [3.05, 3.63) is 6.42 Å². The minimum absolute atomic E-state index is 0.112. The lowest BCUT2D eigenvalue weighted by Crippen LogP contribution is -2.48. The molecule has 0 bridgehead atoms. The van der Waals surface area contributed by atoms with Gasteiger partial charge in [0.2, 0.25) is 5.91 Å². The van der Waals surface area contributed by atoms with Crippen LogP contribution in [0, 0.1) is 6.42 Å². The third-order valence-corrected chi connectivity index (χ3v) is 2.24. The first-order valence-corrected chi connectivity index (χ1v) is 4.62. The molecule has 1 saturated heterocycles. The Balaban J connectivity index is 2.48. The van der Waals surface area contributed by atoms with Crippen LogP contribution in [0.4, 0.5) is 0 Å². The van der Waals surface area contributed by atoms with Gasteiger partial charge in [0.15, 0.2) is 0 Å². The molecule has 3 nitrogen and oxygen atoms in total. The van der Waals surface area contributed by atoms with Gasteiger partial charge in [0.25, 0.3) is 0 Å². The predicted molar refractivity (Wildman–Crippen MR) is 48.4 cm³/mol. The highest BCUT2D eigenvalue weighted by Gasteiger charge is 2.25. The molecule has 1 aliphatic heterocycles. The maximum absolute atomic E-state index is 11.0. The van der Waals surface area contributed by atoms with Crippen LogP contribution >= 0.6 is 0 Å². The van der Waals surface area contributed by atoms with Gasteiger partial charge in [-0.1, -0.05) is 6.92 Å². The van der Waals surface area contributed by atoms with Crippen molar-refractivity contribution in [3.63, 3.8) is 0 Å². The van der Waals surface area contributed by atoms with Crippen molar-refractivity contribution in [1.82, 2.24) is 4.90 Å². The topological polar surface area (TPSA) is 46.3 Å². The number of primary amides is 1. The average Bonchev–Trinajstić information content (AvgIpc) is 2.05. The Hall–Kier alpha value is -0.570. The molecule has 1 rings (SSSR count). The summed E-state index contributed by atoms with van der Waals surface area (Å²) in [5.41, 5.74) is 5.28. The number of rotatable bonds is 3. The van der Waals surface area contributed by atoms with Crippen molar-refractivity contribution in [2.45, 2.75) is 32.2 Å². The highest BCUT2D eigenvalue weighted by molar-refractivity contribution is 5.81. The minimum atomic E-state index is -0.205. The number of nitrogens with zero attached hydrogens (tertiary/aromatic N) is 1. The smallest absolute Gasteiger partial charge is 0.235 e. The fourth-order valence-corrected chi connectivity index (χ4v) is 1.69. The summed E-state index contributed by atoms with van der Waals surface area (Å²) >= 11 is 0. The molecular formula is C9H17N2O. The molecule has 0 saturated carbocycles. The van der Waals surface area contributed by atoms with Crippen LogP contribution in [-0.2, 0) is 4.79 Å². The van der Waals surface area contributed by atoms with Crippen molar-refractivity contribution in [1.29, 1.82) is 0 Å². The van der Waals surface area contributed by atoms with Gasteiger partial charge in [0.05, 0.1) is 6.04 Å². The van der Waals surface area contributed by atoms with Crippen molar-refractivity contribution < 1.29 is 4.79 Å². The van der Waals surface area contributed by atoms with Gasteiger partial charge >= 0.3 is 0 Å². The molecule has 1 amide bonds. The molecule has 1 aliphatic rings. The maximum atomic E-state index is 11.0. The lowest BCUT2D eigenvalue weighted by molar-refractivity contribution is -0.122. The van der Waals surface area contributed by atoms with Crippen molar-refractivity contribution in [2.75, 3.05) is 13.1 Å². The Morgan fingerprint density at radius 1 is 1.75 bits per heavy atom. The highest BCUT2D eigenvalue weighted by atomic mass is 16.1. The molecule has 0 aromatic carbocycles. The number of amides is 1. The Kier molecular flexibility index (Phi) is 3.53. The fourth-order valence-electron chi connectivity index (χ4n) is 1.69. The highest BCUT2D eigenvalue weighted by Crippen LogP contribution is 2.15. The van der Waals surface area contributed by atoms with Gasteiger partial charge < -0.3 is 5.73 Å². The number of carbonyl (C=O) groups excluding carboxylic acids is 1. The molecule has 0 spiro atoms. The van der Waals surface area contributed by atoms with Crippen molar-refractivity contribution in [2.24, 2.45) is 5.73 Å². The number of likely N-dealkylation sites (tertiary alicyclic amines) is 1. The molecule has 69 valence electrons. The first-order chi connectivity index (χ1) is 5.75. The van der Waals surface area contributed by atoms with Gasteiger partial charge in [0.1, 0.15) is 0 Å². The van der Waals surface area contributed by atoms with E-state index in [1.807, 2.05) is 6.42 Å². The van der Waals surface area contributed by atoms with Crippen LogP contribution in [0.25, 0.3) is 0 Å². The molecule has 1 atom stereocenters. The summed E-state index contributed by atoms with van der Waals surface area (Å²) in [5.74, 6) is -0.205. The molecular weight excluding hydrogens is 152 g/mol. The number of piperidine rings is 1. The van der Waals surface area contributed by atoms with E-state index in [4.69, 9.17) is 5.73 Å². The quantitative estimate of drug-likeness (QED) is 0.670. The lowest BCUT2D eigenvalue weighted by atomic mass is 10.0. The molecule has 0 unspecified atom stereocenters. The van der Waals surface area contributed by atoms with Crippen molar-refractivity contribution >= 4 is 5.91 Å². The molecule has 0 aliphatic carbocycles. The van der Waals surface area contributed by atoms with Gasteiger partial charge in [0, 0.05) is 0 Å². The van der Waals surface area contributed by atoms with E-state index >= 15 is 0 Å². The Morgan fingerprint density at radius 3 is 3.08 bits per heavy atom. The monoisotopic (exact) mass is 169 g/mol. The minimum Gasteiger partial charge on any atom is -0.368 e. The molecule has 1 radical (unpaired) electrons. The van der Waals surface area contributed by atoms with E-state index in [1.54, 1.807) is 0 Å². The molecule has 0 aromatic heterocycles. The summed E-state index contributed by atoms with van der Waals surface area (Å²) in [6, 6.07) is -0.112. The van der Waals surface area contributed by atoms with Crippen LogP contribution in [0.3, 0.4) is 0 Å². The number of nitrogens with two attached hydrogens (primary N) is 1. The van der Waals surface area contributed by atoms with Crippen LogP contribution in [-0.4, -0.2) is 29.9 Å². The zero-order valence-electron chi connectivity index (χ0n) is 7.62. The second kappa shape index (κ2) is 4.45. The van der Waals surface area contributed by atoms with Gasteiger partial charge in [-0.25, -0.2) is 0 Å². The molecule has 12 heavy (non-hydrogen) atoms. The van der Waals surface area contributed by atoms with E-state index in [9.17, 15) is 4.79 Å². The third-order valence-electron chi connectivity index (χ3n) is 2.24. The summed E-state index contributed by atoms with van der Waals surface area (Å²) in [7, 11) is 0. The molecule has 1 fully saturated rings. The largest absolute Gasteiger partial charge is 0.368 e. The average molecular weight is 169 g/mol. The zero-order valence-corrected chi connectivity index (χ0v) is 7.62. The Labute approximate surface area is 73.9 Å². The number of hydrogen-bond donors (Lipinski definition) is 1. The maximum Gasteiger partial charge on any atom is 0.235 e. The standard InChI is InChI=1S/C9H17N2O/c1-2-6-11-7-4-3-5-8(11)9(10)12/h5,8H,2-4,6-7H2,1H3,(H2,10,12)/t8-/m1/s1. The van der Waals surface area contributed by atoms with Crippen LogP contribution in [0.1, 0.15) is 26.2 Å². The van der Waals surface area contributed by atoms with Crippen LogP contribution < -0.4 is 5.73 Å². The van der Waals surface area contributed by atoms with Crippen LogP contribution in [0.2, 0.25) is 0 Å². The molecule has 0 aromatic rings. The van der Waals surface area contributed by atoms with Gasteiger partial charge in [-0.2, -0.15) is 0 Å². The normalized spacial score (nSPS) is 25.6. The van der Waals surface area contributed by atoms with Crippen molar-refractivity contribution in [3.8, 4) is 0 Å². The predicted octanol–water partition coefficient (Wildman–Crippen LogP) is 0.550. The van der Waals surface area contributed by atoms with Crippen LogP contribution in [0.5, 0.6) is 0 Å². The first kappa shape index (κ1) is 9.52. The zero-order chi connectivity index (χ0) is 8.97. The van der Waals surface area contributed by atoms with E-state index in [-0.39, 0.29) is 11.9 Å². The SMILES string of the molecule is CCCN1CCC[CH][C@@H]1C(N)=O. The van der Waals surface area contributed by atoms with Gasteiger partial charge in [-0.15, -0.1) is 0 Å². The Bertz CT molecular complexity index is 157. The van der Waals surface area contributed by atoms with Gasteiger partial charge in [-0.3, -0.25) is 9.69 Å². The van der Waals surface area contributed by atoms with E-state index in [0.717, 1.165) is 32.4 Å². The van der Waals surface area contributed by atoms with E-state index in [1.165, 1.54) is 0 Å². The molecule has 2 N–H and O–H groups in total. The number of hydrogen-bond acceptors (Lipinski definition) is 2. The third kappa shape index (κ3) is 2.21. The van der Waals surface area contributed by atoms with E-state index in [2.05, 4.69) is 11.8 Å². The summed E-state index contributed by atoms with van der Waals surface area (Å²) in [4.78, 5) is 13.1. The molecule has 1 heterocycles. The van der Waals surface area contributed by atoms with E-state index in [0.29, 0.717) is 0 Å². The Morgan fingerprint density at radius 2 is 2.50 bits per heavy atom. The summed E-state index contributed by atoms with van der Waals surface area (Å²) in [6.45, 7) is 4.11. The second-order valence-electron chi connectivity index (χ2n) is 3.26. The summed E-state index contributed by atoms with van der Waals surface area (Å²) in [6.07, 6.45) is 5.29. The number of carbonyl (C=O) groups is 1. The fraction of sp³-hybridized carbons (Fsp3) is 0.778. The summed E-state index contributed by atoms with van der Waals surface area (Å²) < 4.78 is 0. The van der Waals surface area contributed by atoms with E-state index < -0.39 is 0 Å². The van der Waals surface area contributed by atoms with Crippen LogP contribution in [0.15, 0.2) is 0 Å². The summed E-state index contributed by atoms with van der Waals surface area (Å²) in [5, 5.41) is 0.